The van der Waals surface area contributed by atoms with Gasteiger partial charge in [0, 0.05) is 0 Å². The van der Waals surface area contributed by atoms with E-state index in [9.17, 15) is 0 Å². The maximum absolute atomic E-state index is 2.59. The van der Waals surface area contributed by atoms with E-state index in [0.29, 0.717) is 4.66 Å². The number of hydrogen-bond donors (Lipinski definition) is 0. The van der Waals surface area contributed by atoms with Crippen molar-refractivity contribution in [2.45, 2.75) is 64.7 Å². The molecule has 0 N–H and O–H groups in total. The van der Waals surface area contributed by atoms with Crippen molar-refractivity contribution >= 4 is 65.1 Å². The Morgan fingerprint density at radius 1 is 0.765 bits per heavy atom. The van der Waals surface area contributed by atoms with Crippen molar-refractivity contribution in [3.8, 4) is 0 Å². The molecule has 0 bridgehead atoms. The number of rotatable bonds is 2. The summed E-state index contributed by atoms with van der Waals surface area (Å²) in [4.78, 5) is 0. The quantitative estimate of drug-likeness (QED) is 0.645. The minimum absolute atomic E-state index is 0.550. The number of allylic oxidation sites excluding steroid dienone is 4. The molecule has 1 aliphatic carbocycles. The topological polar surface area (TPSA) is 0 Å². The normalized spacial score (nSPS) is 21.6. The molecule has 0 amide bonds. The zero-order valence-electron chi connectivity index (χ0n) is 13.5. The Morgan fingerprint density at radius 2 is 1.12 bits per heavy atom. The third kappa shape index (κ3) is 2.24. The SMILES string of the molecule is CC1=C(C)C([Si](C)(C)C)([Si](C)(C)C)[C]([K])=C1C. The average Bonchev–Trinajstić information content (AvgIpc) is 2.26. The van der Waals surface area contributed by atoms with E-state index in [1.165, 1.54) is 0 Å². The van der Waals surface area contributed by atoms with Crippen molar-refractivity contribution in [1.29, 1.82) is 0 Å². The van der Waals surface area contributed by atoms with Crippen LogP contribution in [0.2, 0.25) is 43.9 Å². The predicted octanol–water partition coefficient (Wildman–Crippen LogP) is 4.73. The Bertz CT molecular complexity index is 363. The average molecular weight is 291 g/mol. The summed E-state index contributed by atoms with van der Waals surface area (Å²) in [5.41, 5.74) is 5.03. The van der Waals surface area contributed by atoms with E-state index < -0.39 is 16.1 Å². The molecule has 0 radical (unpaired) electrons. The first kappa shape index (κ1) is 16.6. The van der Waals surface area contributed by atoms with Gasteiger partial charge in [-0.3, -0.25) is 0 Å². The van der Waals surface area contributed by atoms with Crippen LogP contribution in [0.15, 0.2) is 16.4 Å². The molecule has 0 fully saturated rings. The van der Waals surface area contributed by atoms with Crippen molar-refractivity contribution in [3.05, 3.63) is 16.4 Å². The van der Waals surface area contributed by atoms with Gasteiger partial charge >= 0.3 is 146 Å². The van der Waals surface area contributed by atoms with Crippen LogP contribution in [0.4, 0.5) is 0 Å². The summed E-state index contributed by atoms with van der Waals surface area (Å²) in [6.45, 7) is 22.7. The van der Waals surface area contributed by atoms with Gasteiger partial charge in [0.2, 0.25) is 0 Å². The van der Waals surface area contributed by atoms with Crippen LogP contribution in [0.3, 0.4) is 0 Å². The van der Waals surface area contributed by atoms with Crippen LogP contribution in [-0.4, -0.2) is 65.1 Å². The monoisotopic (exact) mass is 290 g/mol. The fourth-order valence-corrected chi connectivity index (χ4v) is 27.2. The van der Waals surface area contributed by atoms with E-state index in [1.807, 2.05) is -0.332 Å². The van der Waals surface area contributed by atoms with Crippen LogP contribution in [0.25, 0.3) is 0 Å². The molecule has 1 rings (SSSR count). The first-order valence-corrected chi connectivity index (χ1v) is 15.3. The molecule has 0 heterocycles. The van der Waals surface area contributed by atoms with Crippen molar-refractivity contribution in [2.24, 2.45) is 0 Å². The molecule has 0 aromatic heterocycles. The van der Waals surface area contributed by atoms with Gasteiger partial charge in [-0.15, -0.1) is 0 Å². The molecule has 0 saturated carbocycles. The van der Waals surface area contributed by atoms with Crippen molar-refractivity contribution < 1.29 is 0 Å². The Labute approximate surface area is 144 Å². The van der Waals surface area contributed by atoms with Crippen molar-refractivity contribution in [3.63, 3.8) is 0 Å². The molecule has 1 aliphatic rings. The summed E-state index contributed by atoms with van der Waals surface area (Å²) in [7, 11) is -2.45. The molecule has 3 heteroatoms. The maximum atomic E-state index is 2.59. The third-order valence-electron chi connectivity index (χ3n) is 5.06. The summed E-state index contributed by atoms with van der Waals surface area (Å²) in [6, 6.07) is 0. The summed E-state index contributed by atoms with van der Waals surface area (Å²) in [5.74, 6) is 0. The van der Waals surface area contributed by atoms with Crippen LogP contribution in [0, 0.1) is 0 Å². The minimum atomic E-state index is -1.23. The van der Waals surface area contributed by atoms with E-state index in [1.54, 1.807) is 16.7 Å². The Hall–Kier alpha value is 1.55. The van der Waals surface area contributed by atoms with Crippen LogP contribution in [-0.2, 0) is 0 Å². The molecule has 0 unspecified atom stereocenters. The Morgan fingerprint density at radius 3 is 1.24 bits per heavy atom. The summed E-state index contributed by atoms with van der Waals surface area (Å²) < 4.78 is 2.44. The molecule has 17 heavy (non-hydrogen) atoms. The van der Waals surface area contributed by atoms with E-state index in [-0.39, 0.29) is 0 Å². The van der Waals surface area contributed by atoms with Crippen LogP contribution >= 0.6 is 0 Å². The molecule has 0 atom stereocenters. The van der Waals surface area contributed by atoms with E-state index in [2.05, 4.69) is 60.1 Å². The van der Waals surface area contributed by atoms with Gasteiger partial charge in [-0.05, 0) is 0 Å². The molecular weight excluding hydrogens is 263 g/mol. The third-order valence-corrected chi connectivity index (χ3v) is 19.5. The first-order valence-electron chi connectivity index (χ1n) is 6.75. The zero-order chi connectivity index (χ0) is 13.8. The molecule has 0 aromatic carbocycles. The van der Waals surface area contributed by atoms with E-state index in [0.717, 1.165) is 49.0 Å². The number of hydrogen-bond acceptors (Lipinski definition) is 0. The summed E-state index contributed by atoms with van der Waals surface area (Å²) >= 11 is 0.830. The zero-order valence-corrected chi connectivity index (χ0v) is 18.6. The van der Waals surface area contributed by atoms with Crippen LogP contribution in [0.1, 0.15) is 20.8 Å². The van der Waals surface area contributed by atoms with Gasteiger partial charge < -0.3 is 0 Å². The van der Waals surface area contributed by atoms with Crippen molar-refractivity contribution in [1.82, 2.24) is 0 Å². The van der Waals surface area contributed by atoms with E-state index in [4.69, 9.17) is 0 Å². The van der Waals surface area contributed by atoms with Crippen LogP contribution in [0.5, 0.6) is 0 Å². The fourth-order valence-electron chi connectivity index (χ4n) is 4.78. The predicted molar refractivity (Wildman–Crippen MR) is 86.2 cm³/mol. The first-order chi connectivity index (χ1) is 7.39. The van der Waals surface area contributed by atoms with Gasteiger partial charge in [0.15, 0.2) is 0 Å². The van der Waals surface area contributed by atoms with Crippen molar-refractivity contribution in [2.75, 3.05) is 0 Å². The van der Waals surface area contributed by atoms with Gasteiger partial charge in [0.05, 0.1) is 0 Å². The van der Waals surface area contributed by atoms with Gasteiger partial charge in [-0.1, -0.05) is 0 Å². The van der Waals surface area contributed by atoms with Gasteiger partial charge in [-0.2, -0.15) is 0 Å². The Kier molecular flexibility index (Phi) is 4.72. The molecule has 0 nitrogen and oxygen atoms in total. The summed E-state index contributed by atoms with van der Waals surface area (Å²) in [6.07, 6.45) is 0. The molecule has 0 aromatic rings. The molecule has 0 spiro atoms. The Balaban J connectivity index is 3.72. The van der Waals surface area contributed by atoms with Gasteiger partial charge in [0.25, 0.3) is 0 Å². The van der Waals surface area contributed by atoms with Gasteiger partial charge in [0.1, 0.15) is 0 Å². The second-order valence-corrected chi connectivity index (χ2v) is 20.3. The fraction of sp³-hybridized carbons (Fsp3) is 0.714. The molecular formula is C14H27KSi2. The van der Waals surface area contributed by atoms with E-state index >= 15 is 0 Å². The molecule has 92 valence electrons. The second kappa shape index (κ2) is 4.83. The standard InChI is InChI=1S/C14H27Si2.K/c1-11-10-14(15(4,5)6,16(7,8)9)13(3)12(11)2;/h1-9H3;. The molecule has 0 saturated heterocycles. The van der Waals surface area contributed by atoms with Crippen LogP contribution < -0.4 is 0 Å². The summed E-state index contributed by atoms with van der Waals surface area (Å²) in [5, 5.41) is 0. The van der Waals surface area contributed by atoms with Gasteiger partial charge in [-0.25, -0.2) is 0 Å². The molecule has 0 aliphatic heterocycles. The second-order valence-electron chi connectivity index (χ2n) is 7.75.